The van der Waals surface area contributed by atoms with E-state index in [1.807, 2.05) is 40.7 Å². The number of nitrogens with zero attached hydrogens (tertiary/aromatic N) is 6. The van der Waals surface area contributed by atoms with Crippen LogP contribution in [0.2, 0.25) is 0 Å². The number of piperidine rings is 1. The van der Waals surface area contributed by atoms with Gasteiger partial charge in [-0.05, 0) is 50.8 Å². The number of nitrogen functional groups attached to an aromatic ring is 1. The lowest BCUT2D eigenvalue weighted by Crippen LogP contribution is -2.38. The number of anilines is 2. The Morgan fingerprint density at radius 1 is 1.22 bits per heavy atom. The van der Waals surface area contributed by atoms with Crippen molar-refractivity contribution in [3.8, 4) is 6.07 Å². The number of fused-ring (bicyclic) bond motifs is 1. The molecule has 164 valence electrons. The molecule has 2 N–H and O–H groups in total. The van der Waals surface area contributed by atoms with Crippen molar-refractivity contribution in [1.29, 1.82) is 5.26 Å². The summed E-state index contributed by atoms with van der Waals surface area (Å²) < 4.78 is 1.81. The normalized spacial score (nSPS) is 21.1. The molecule has 5 rings (SSSR count). The standard InChI is InChI=1S/C24H27N7O/c1-16-14-31-22(27-23(16)29-10-8-17(13-25)15-29)12-20(28-31)21-7-2-3-9-30(21)24(32)18-5-4-6-19(26)11-18/h4-6,11-12,14,17,21H,2-3,7-10,15,26H2,1H3/t17?,21-/m0/s1. The number of aromatic nitrogens is 3. The largest absolute Gasteiger partial charge is 0.399 e. The first-order valence-corrected chi connectivity index (χ1v) is 11.2. The predicted octanol–water partition coefficient (Wildman–Crippen LogP) is 3.34. The fourth-order valence-corrected chi connectivity index (χ4v) is 4.88. The number of amides is 1. The van der Waals surface area contributed by atoms with Gasteiger partial charge in [0.05, 0.1) is 23.7 Å². The van der Waals surface area contributed by atoms with Gasteiger partial charge in [-0.15, -0.1) is 0 Å². The zero-order valence-electron chi connectivity index (χ0n) is 18.2. The Balaban J connectivity index is 1.46. The van der Waals surface area contributed by atoms with Gasteiger partial charge in [0.15, 0.2) is 5.65 Å². The molecule has 8 heteroatoms. The summed E-state index contributed by atoms with van der Waals surface area (Å²) in [7, 11) is 0. The molecule has 1 amide bonds. The first kappa shape index (κ1) is 20.3. The van der Waals surface area contributed by atoms with Crippen molar-refractivity contribution in [2.75, 3.05) is 30.3 Å². The number of aryl methyl sites for hydroxylation is 1. The van der Waals surface area contributed by atoms with Crippen LogP contribution in [0, 0.1) is 24.2 Å². The molecule has 32 heavy (non-hydrogen) atoms. The van der Waals surface area contributed by atoms with Gasteiger partial charge in [-0.2, -0.15) is 10.4 Å². The molecule has 2 aliphatic heterocycles. The highest BCUT2D eigenvalue weighted by Gasteiger charge is 2.31. The lowest BCUT2D eigenvalue weighted by Gasteiger charge is -2.34. The summed E-state index contributed by atoms with van der Waals surface area (Å²) in [4.78, 5) is 22.3. The minimum atomic E-state index is -0.0853. The van der Waals surface area contributed by atoms with Crippen molar-refractivity contribution in [1.82, 2.24) is 19.5 Å². The van der Waals surface area contributed by atoms with E-state index in [1.54, 1.807) is 12.1 Å². The third-order valence-electron chi connectivity index (χ3n) is 6.53. The third kappa shape index (κ3) is 3.64. The van der Waals surface area contributed by atoms with Crippen LogP contribution in [0.5, 0.6) is 0 Å². The Morgan fingerprint density at radius 3 is 2.88 bits per heavy atom. The molecule has 0 radical (unpaired) electrons. The van der Waals surface area contributed by atoms with Crippen LogP contribution in [0.3, 0.4) is 0 Å². The summed E-state index contributed by atoms with van der Waals surface area (Å²) in [6.45, 7) is 4.28. The van der Waals surface area contributed by atoms with E-state index in [0.29, 0.717) is 24.3 Å². The van der Waals surface area contributed by atoms with E-state index in [9.17, 15) is 10.1 Å². The molecule has 4 heterocycles. The van der Waals surface area contributed by atoms with Gasteiger partial charge in [0, 0.05) is 48.7 Å². The van der Waals surface area contributed by atoms with Crippen LogP contribution in [0.25, 0.3) is 5.65 Å². The second-order valence-electron chi connectivity index (χ2n) is 8.82. The first-order chi connectivity index (χ1) is 15.5. The van der Waals surface area contributed by atoms with E-state index in [4.69, 9.17) is 15.8 Å². The highest BCUT2D eigenvalue weighted by molar-refractivity contribution is 5.95. The molecular formula is C24H27N7O. The molecule has 2 aliphatic rings. The molecule has 0 bridgehead atoms. The van der Waals surface area contributed by atoms with Crippen LogP contribution in [-0.2, 0) is 0 Å². The molecule has 2 aromatic heterocycles. The van der Waals surface area contributed by atoms with Gasteiger partial charge < -0.3 is 15.5 Å². The Bertz CT molecular complexity index is 1210. The quantitative estimate of drug-likeness (QED) is 0.641. The van der Waals surface area contributed by atoms with Crippen molar-refractivity contribution < 1.29 is 4.79 Å². The molecule has 1 aromatic carbocycles. The third-order valence-corrected chi connectivity index (χ3v) is 6.53. The minimum Gasteiger partial charge on any atom is -0.399 e. The van der Waals surface area contributed by atoms with Crippen molar-refractivity contribution in [2.24, 2.45) is 5.92 Å². The van der Waals surface area contributed by atoms with Crippen LogP contribution >= 0.6 is 0 Å². The highest BCUT2D eigenvalue weighted by Crippen LogP contribution is 2.33. The molecule has 2 atom stereocenters. The monoisotopic (exact) mass is 429 g/mol. The number of rotatable bonds is 3. The van der Waals surface area contributed by atoms with Gasteiger partial charge in [-0.25, -0.2) is 9.50 Å². The number of carbonyl (C=O) groups is 1. The van der Waals surface area contributed by atoms with Gasteiger partial charge in [0.1, 0.15) is 5.82 Å². The maximum absolute atomic E-state index is 13.3. The van der Waals surface area contributed by atoms with E-state index in [1.165, 1.54) is 0 Å². The second kappa shape index (κ2) is 8.15. The van der Waals surface area contributed by atoms with Crippen molar-refractivity contribution in [3.63, 3.8) is 0 Å². The van der Waals surface area contributed by atoms with Crippen LogP contribution in [0.4, 0.5) is 11.5 Å². The predicted molar refractivity (Wildman–Crippen MR) is 122 cm³/mol. The van der Waals surface area contributed by atoms with Gasteiger partial charge >= 0.3 is 0 Å². The van der Waals surface area contributed by atoms with Crippen LogP contribution in [-0.4, -0.2) is 45.0 Å². The topological polar surface area (TPSA) is 104 Å². The van der Waals surface area contributed by atoms with Crippen molar-refractivity contribution >= 4 is 23.1 Å². The minimum absolute atomic E-state index is 0.0107. The summed E-state index contributed by atoms with van der Waals surface area (Å²) in [5.41, 5.74) is 9.76. The Hall–Kier alpha value is -3.60. The average Bonchev–Trinajstić information content (AvgIpc) is 3.44. The van der Waals surface area contributed by atoms with Gasteiger partial charge in [-0.1, -0.05) is 6.07 Å². The van der Waals surface area contributed by atoms with E-state index in [-0.39, 0.29) is 17.9 Å². The molecular weight excluding hydrogens is 402 g/mol. The molecule has 2 saturated heterocycles. The fraction of sp³-hybridized carbons (Fsp3) is 0.417. The molecule has 8 nitrogen and oxygen atoms in total. The molecule has 1 unspecified atom stereocenters. The molecule has 0 spiro atoms. The van der Waals surface area contributed by atoms with E-state index >= 15 is 0 Å². The smallest absolute Gasteiger partial charge is 0.254 e. The summed E-state index contributed by atoms with van der Waals surface area (Å²) in [6, 6.07) is 11.4. The van der Waals surface area contributed by atoms with E-state index in [0.717, 1.165) is 55.0 Å². The number of nitrogens with two attached hydrogens (primary N) is 1. The zero-order valence-corrected chi connectivity index (χ0v) is 18.2. The Morgan fingerprint density at radius 2 is 2.09 bits per heavy atom. The number of hydrogen-bond acceptors (Lipinski definition) is 6. The molecule has 0 aliphatic carbocycles. The fourth-order valence-electron chi connectivity index (χ4n) is 4.88. The summed E-state index contributed by atoms with van der Waals surface area (Å²) in [6.07, 6.45) is 5.78. The summed E-state index contributed by atoms with van der Waals surface area (Å²) in [5.74, 6) is 0.961. The van der Waals surface area contributed by atoms with Crippen LogP contribution in [0.1, 0.15) is 53.3 Å². The second-order valence-corrected chi connectivity index (χ2v) is 8.82. The average molecular weight is 430 g/mol. The maximum Gasteiger partial charge on any atom is 0.254 e. The van der Waals surface area contributed by atoms with Crippen LogP contribution < -0.4 is 10.6 Å². The van der Waals surface area contributed by atoms with E-state index in [2.05, 4.69) is 11.0 Å². The summed E-state index contributed by atoms with van der Waals surface area (Å²) >= 11 is 0. The van der Waals surface area contributed by atoms with Gasteiger partial charge in [0.2, 0.25) is 0 Å². The number of hydrogen-bond donors (Lipinski definition) is 1. The maximum atomic E-state index is 13.3. The first-order valence-electron chi connectivity index (χ1n) is 11.2. The number of likely N-dealkylation sites (tertiary alicyclic amines) is 1. The zero-order chi connectivity index (χ0) is 22.2. The van der Waals surface area contributed by atoms with Crippen molar-refractivity contribution in [2.45, 2.75) is 38.6 Å². The highest BCUT2D eigenvalue weighted by atomic mass is 16.2. The Labute approximate surface area is 187 Å². The number of nitriles is 1. The Kier molecular flexibility index (Phi) is 5.17. The van der Waals surface area contributed by atoms with Gasteiger partial charge in [-0.3, -0.25) is 4.79 Å². The number of carbonyl (C=O) groups excluding carboxylic acids is 1. The molecule has 0 saturated carbocycles. The molecule has 3 aromatic rings. The summed E-state index contributed by atoms with van der Waals surface area (Å²) in [5, 5.41) is 14.0. The molecule has 2 fully saturated rings. The number of benzene rings is 1. The van der Waals surface area contributed by atoms with E-state index < -0.39 is 0 Å². The lowest BCUT2D eigenvalue weighted by atomic mass is 9.98. The SMILES string of the molecule is Cc1cn2nc([C@@H]3CCCCN3C(=O)c3cccc(N)c3)cc2nc1N1CCC(C#N)C1. The van der Waals surface area contributed by atoms with Crippen molar-refractivity contribution in [3.05, 3.63) is 53.3 Å². The van der Waals surface area contributed by atoms with Gasteiger partial charge in [0.25, 0.3) is 5.91 Å². The lowest BCUT2D eigenvalue weighted by molar-refractivity contribution is 0.0606. The van der Waals surface area contributed by atoms with Crippen LogP contribution in [0.15, 0.2) is 36.5 Å².